The number of imide groups is 1. The first-order valence-electron chi connectivity index (χ1n) is 9.91. The summed E-state index contributed by atoms with van der Waals surface area (Å²) in [4.78, 5) is 36.0. The van der Waals surface area contributed by atoms with Gasteiger partial charge in [0.2, 0.25) is 0 Å². The molecular formula is C24H25NO6. The minimum Gasteiger partial charge on any atom is -0.486 e. The summed E-state index contributed by atoms with van der Waals surface area (Å²) in [6, 6.07) is 12.3. The van der Waals surface area contributed by atoms with E-state index in [4.69, 9.17) is 14.2 Å². The Hall–Kier alpha value is -3.61. The Morgan fingerprint density at radius 2 is 1.68 bits per heavy atom. The second-order valence-electron chi connectivity index (χ2n) is 8.05. The summed E-state index contributed by atoms with van der Waals surface area (Å²) in [6.45, 7) is 6.63. The molecule has 2 aromatic rings. The standard InChI is InChI=1S/C24H25NO6/c1-24(2,3)18-8-6-17(7-9-18)23(28)25-21(26)15-31-22(27)11-5-16-4-10-19-20(14-16)30-13-12-29-19/h4-11,14H,12-13,15H2,1-3H3,(H,25,26,28)/b11-5+. The first-order chi connectivity index (χ1) is 14.7. The first-order valence-corrected chi connectivity index (χ1v) is 9.91. The predicted octanol–water partition coefficient (Wildman–Crippen LogP) is 3.27. The maximum absolute atomic E-state index is 12.2. The molecular weight excluding hydrogens is 398 g/mol. The van der Waals surface area contributed by atoms with Gasteiger partial charge in [0.05, 0.1) is 0 Å². The van der Waals surface area contributed by atoms with Crippen molar-refractivity contribution in [1.29, 1.82) is 0 Å². The number of carbonyl (C=O) groups excluding carboxylic acids is 3. The lowest BCUT2D eigenvalue weighted by Crippen LogP contribution is -2.34. The predicted molar refractivity (Wildman–Crippen MR) is 115 cm³/mol. The van der Waals surface area contributed by atoms with Crippen LogP contribution in [-0.4, -0.2) is 37.6 Å². The molecule has 162 valence electrons. The molecule has 0 unspecified atom stereocenters. The van der Waals surface area contributed by atoms with Crippen molar-refractivity contribution in [2.24, 2.45) is 0 Å². The van der Waals surface area contributed by atoms with E-state index in [0.29, 0.717) is 30.3 Å². The Kier molecular flexibility index (Phi) is 6.74. The third kappa shape index (κ3) is 6.18. The van der Waals surface area contributed by atoms with E-state index in [0.717, 1.165) is 11.1 Å². The van der Waals surface area contributed by atoms with Crippen molar-refractivity contribution in [1.82, 2.24) is 5.32 Å². The topological polar surface area (TPSA) is 90.9 Å². The van der Waals surface area contributed by atoms with Gasteiger partial charge >= 0.3 is 5.97 Å². The Bertz CT molecular complexity index is 1000. The molecule has 0 bridgehead atoms. The highest BCUT2D eigenvalue weighted by atomic mass is 16.6. The first kappa shape index (κ1) is 22.1. The van der Waals surface area contributed by atoms with Crippen molar-refractivity contribution in [3.8, 4) is 11.5 Å². The number of nitrogens with one attached hydrogen (secondary N) is 1. The number of hydrogen-bond donors (Lipinski definition) is 1. The van der Waals surface area contributed by atoms with E-state index in [-0.39, 0.29) is 5.41 Å². The van der Waals surface area contributed by atoms with Crippen molar-refractivity contribution in [2.75, 3.05) is 19.8 Å². The molecule has 0 spiro atoms. The Labute approximate surface area is 181 Å². The average molecular weight is 423 g/mol. The molecule has 7 nitrogen and oxygen atoms in total. The van der Waals surface area contributed by atoms with Crippen LogP contribution in [0.5, 0.6) is 11.5 Å². The van der Waals surface area contributed by atoms with Crippen LogP contribution in [0, 0.1) is 0 Å². The van der Waals surface area contributed by atoms with Gasteiger partial charge in [0.25, 0.3) is 11.8 Å². The van der Waals surface area contributed by atoms with Gasteiger partial charge in [-0.15, -0.1) is 0 Å². The molecule has 0 aromatic heterocycles. The third-order valence-corrected chi connectivity index (χ3v) is 4.59. The molecule has 1 heterocycles. The van der Waals surface area contributed by atoms with Crippen molar-refractivity contribution < 1.29 is 28.6 Å². The summed E-state index contributed by atoms with van der Waals surface area (Å²) in [6.07, 6.45) is 2.74. The molecule has 1 N–H and O–H groups in total. The summed E-state index contributed by atoms with van der Waals surface area (Å²) in [5, 5.41) is 2.21. The number of ether oxygens (including phenoxy) is 3. The second-order valence-corrected chi connectivity index (χ2v) is 8.05. The highest BCUT2D eigenvalue weighted by Gasteiger charge is 2.16. The normalized spacial score (nSPS) is 13.0. The molecule has 7 heteroatoms. The van der Waals surface area contributed by atoms with E-state index in [2.05, 4.69) is 26.1 Å². The summed E-state index contributed by atoms with van der Waals surface area (Å²) >= 11 is 0. The van der Waals surface area contributed by atoms with E-state index in [1.807, 2.05) is 12.1 Å². The molecule has 0 aliphatic carbocycles. The van der Waals surface area contributed by atoms with E-state index in [9.17, 15) is 14.4 Å². The van der Waals surface area contributed by atoms with Crippen LogP contribution in [0.3, 0.4) is 0 Å². The molecule has 31 heavy (non-hydrogen) atoms. The lowest BCUT2D eigenvalue weighted by Gasteiger charge is -2.18. The van der Waals surface area contributed by atoms with Crippen molar-refractivity contribution in [2.45, 2.75) is 26.2 Å². The van der Waals surface area contributed by atoms with Gasteiger partial charge in [0.15, 0.2) is 18.1 Å². The number of rotatable bonds is 5. The second kappa shape index (κ2) is 9.47. The summed E-state index contributed by atoms with van der Waals surface area (Å²) in [7, 11) is 0. The molecule has 0 saturated heterocycles. The zero-order valence-corrected chi connectivity index (χ0v) is 17.8. The fraction of sp³-hybridized carbons (Fsp3) is 0.292. The fourth-order valence-electron chi connectivity index (χ4n) is 2.87. The molecule has 2 amide bonds. The van der Waals surface area contributed by atoms with Gasteiger partial charge in [0, 0.05) is 11.6 Å². The number of carbonyl (C=O) groups is 3. The number of hydrogen-bond acceptors (Lipinski definition) is 6. The number of benzene rings is 2. The third-order valence-electron chi connectivity index (χ3n) is 4.59. The number of esters is 1. The van der Waals surface area contributed by atoms with E-state index < -0.39 is 24.4 Å². The minimum absolute atomic E-state index is 0.0353. The maximum atomic E-state index is 12.2. The van der Waals surface area contributed by atoms with Crippen molar-refractivity contribution >= 4 is 23.9 Å². The lowest BCUT2D eigenvalue weighted by atomic mass is 9.87. The van der Waals surface area contributed by atoms with Crippen molar-refractivity contribution in [3.63, 3.8) is 0 Å². The monoisotopic (exact) mass is 423 g/mol. The summed E-state index contributed by atoms with van der Waals surface area (Å²) < 4.78 is 15.8. The zero-order chi connectivity index (χ0) is 22.4. The van der Waals surface area contributed by atoms with Gasteiger partial charge < -0.3 is 14.2 Å². The smallest absolute Gasteiger partial charge is 0.331 e. The maximum Gasteiger partial charge on any atom is 0.331 e. The quantitative estimate of drug-likeness (QED) is 0.586. The van der Waals surface area contributed by atoms with E-state index >= 15 is 0 Å². The molecule has 1 aliphatic heterocycles. The minimum atomic E-state index is -0.703. The lowest BCUT2D eigenvalue weighted by molar-refractivity contribution is -0.143. The van der Waals surface area contributed by atoms with Crippen LogP contribution < -0.4 is 14.8 Å². The van der Waals surface area contributed by atoms with Crippen LogP contribution in [0.25, 0.3) is 6.08 Å². The van der Waals surface area contributed by atoms with E-state index in [1.165, 1.54) is 6.08 Å². The van der Waals surface area contributed by atoms with Gasteiger partial charge in [-0.25, -0.2) is 4.79 Å². The molecule has 0 atom stereocenters. The van der Waals surface area contributed by atoms with Gasteiger partial charge in [0.1, 0.15) is 13.2 Å². The Morgan fingerprint density at radius 3 is 2.35 bits per heavy atom. The van der Waals surface area contributed by atoms with Crippen LogP contribution in [0.1, 0.15) is 42.3 Å². The molecule has 0 saturated carbocycles. The SMILES string of the molecule is CC(C)(C)c1ccc(C(=O)NC(=O)COC(=O)/C=C/c2ccc3c(c2)OCCO3)cc1. The fourth-order valence-corrected chi connectivity index (χ4v) is 2.87. The molecule has 2 aromatic carbocycles. The Balaban J connectivity index is 1.47. The van der Waals surface area contributed by atoms with Crippen LogP contribution in [0.2, 0.25) is 0 Å². The number of fused-ring (bicyclic) bond motifs is 1. The Morgan fingerprint density at radius 1 is 1.00 bits per heavy atom. The molecule has 0 fully saturated rings. The van der Waals surface area contributed by atoms with Crippen LogP contribution in [0.15, 0.2) is 48.5 Å². The summed E-state index contributed by atoms with van der Waals surface area (Å²) in [5.74, 6) is -0.693. The molecule has 1 aliphatic rings. The average Bonchev–Trinajstić information content (AvgIpc) is 2.75. The zero-order valence-electron chi connectivity index (χ0n) is 17.8. The van der Waals surface area contributed by atoms with Gasteiger partial charge in [-0.05, 0) is 46.9 Å². The molecule has 0 radical (unpaired) electrons. The van der Waals surface area contributed by atoms with Crippen molar-refractivity contribution in [3.05, 3.63) is 65.2 Å². The molecule has 3 rings (SSSR count). The summed E-state index contributed by atoms with van der Waals surface area (Å²) in [5.41, 5.74) is 2.12. The van der Waals surface area contributed by atoms with E-state index in [1.54, 1.807) is 36.4 Å². The van der Waals surface area contributed by atoms with Crippen LogP contribution in [-0.2, 0) is 19.7 Å². The van der Waals surface area contributed by atoms with Gasteiger partial charge in [-0.1, -0.05) is 39.0 Å². The highest BCUT2D eigenvalue weighted by molar-refractivity contribution is 6.05. The van der Waals surface area contributed by atoms with Crippen LogP contribution in [0.4, 0.5) is 0 Å². The van der Waals surface area contributed by atoms with Gasteiger partial charge in [-0.2, -0.15) is 0 Å². The number of amides is 2. The highest BCUT2D eigenvalue weighted by Crippen LogP contribution is 2.31. The largest absolute Gasteiger partial charge is 0.486 e. The van der Waals surface area contributed by atoms with Gasteiger partial charge in [-0.3, -0.25) is 14.9 Å². The van der Waals surface area contributed by atoms with Crippen LogP contribution >= 0.6 is 0 Å².